The van der Waals surface area contributed by atoms with Gasteiger partial charge in [-0.15, -0.1) is 0 Å². The molecule has 0 heterocycles. The standard InChI is InChI=1S/C11H15FO/c1-2-3-8-11(13)9-6-4-5-7-10(9)12/h4-7,11,13H,2-3,8H2,1H3. The summed E-state index contributed by atoms with van der Waals surface area (Å²) in [5, 5.41) is 9.59. The van der Waals surface area contributed by atoms with Crippen LogP contribution >= 0.6 is 0 Å². The van der Waals surface area contributed by atoms with Crippen LogP contribution in [-0.4, -0.2) is 5.11 Å². The number of aliphatic hydroxyl groups is 1. The van der Waals surface area contributed by atoms with Gasteiger partial charge in [0, 0.05) is 5.56 Å². The molecule has 0 fully saturated rings. The van der Waals surface area contributed by atoms with Crippen molar-refractivity contribution in [2.45, 2.75) is 32.3 Å². The summed E-state index contributed by atoms with van der Waals surface area (Å²) < 4.78 is 13.1. The zero-order valence-electron chi connectivity index (χ0n) is 7.83. The first kappa shape index (κ1) is 10.2. The van der Waals surface area contributed by atoms with Crippen molar-refractivity contribution >= 4 is 0 Å². The van der Waals surface area contributed by atoms with Gasteiger partial charge in [0.2, 0.25) is 0 Å². The lowest BCUT2D eigenvalue weighted by molar-refractivity contribution is 0.159. The zero-order valence-corrected chi connectivity index (χ0v) is 7.83. The van der Waals surface area contributed by atoms with Crippen molar-refractivity contribution < 1.29 is 9.50 Å². The van der Waals surface area contributed by atoms with Crippen molar-refractivity contribution in [2.75, 3.05) is 0 Å². The molecule has 2 heteroatoms. The fraction of sp³-hybridized carbons (Fsp3) is 0.455. The minimum absolute atomic E-state index is 0.314. The topological polar surface area (TPSA) is 20.2 Å². The number of hydrogen-bond donors (Lipinski definition) is 1. The first-order chi connectivity index (χ1) is 6.25. The molecule has 1 unspecified atom stereocenters. The van der Waals surface area contributed by atoms with Crippen molar-refractivity contribution in [3.8, 4) is 0 Å². The van der Waals surface area contributed by atoms with E-state index in [1.54, 1.807) is 18.2 Å². The van der Waals surface area contributed by atoms with Gasteiger partial charge in [-0.05, 0) is 12.5 Å². The number of benzene rings is 1. The Morgan fingerprint density at radius 3 is 2.69 bits per heavy atom. The second-order valence-corrected chi connectivity index (χ2v) is 3.18. The van der Waals surface area contributed by atoms with Gasteiger partial charge >= 0.3 is 0 Å². The van der Waals surface area contributed by atoms with Gasteiger partial charge in [0.15, 0.2) is 0 Å². The quantitative estimate of drug-likeness (QED) is 0.758. The lowest BCUT2D eigenvalue weighted by Crippen LogP contribution is -1.99. The van der Waals surface area contributed by atoms with Crippen LogP contribution in [0.2, 0.25) is 0 Å². The molecular weight excluding hydrogens is 167 g/mol. The summed E-state index contributed by atoms with van der Waals surface area (Å²) in [7, 11) is 0. The van der Waals surface area contributed by atoms with Crippen molar-refractivity contribution in [2.24, 2.45) is 0 Å². The Labute approximate surface area is 78.2 Å². The lowest BCUT2D eigenvalue weighted by atomic mass is 10.0. The molecule has 1 rings (SSSR count). The molecule has 0 aromatic heterocycles. The van der Waals surface area contributed by atoms with Crippen molar-refractivity contribution in [1.82, 2.24) is 0 Å². The number of hydrogen-bond acceptors (Lipinski definition) is 1. The van der Waals surface area contributed by atoms with E-state index in [2.05, 4.69) is 0 Å². The fourth-order valence-electron chi connectivity index (χ4n) is 1.30. The van der Waals surface area contributed by atoms with Crippen LogP contribution in [-0.2, 0) is 0 Å². The monoisotopic (exact) mass is 182 g/mol. The van der Waals surface area contributed by atoms with Gasteiger partial charge in [0.05, 0.1) is 6.10 Å². The molecule has 0 saturated carbocycles. The predicted octanol–water partition coefficient (Wildman–Crippen LogP) is 3.05. The highest BCUT2D eigenvalue weighted by Crippen LogP contribution is 2.21. The van der Waals surface area contributed by atoms with E-state index in [9.17, 15) is 9.50 Å². The van der Waals surface area contributed by atoms with Crippen molar-refractivity contribution in [3.63, 3.8) is 0 Å². The molecule has 13 heavy (non-hydrogen) atoms. The maximum atomic E-state index is 13.1. The van der Waals surface area contributed by atoms with E-state index in [1.807, 2.05) is 6.92 Å². The highest BCUT2D eigenvalue weighted by Gasteiger charge is 2.10. The fourth-order valence-corrected chi connectivity index (χ4v) is 1.30. The summed E-state index contributed by atoms with van der Waals surface area (Å²) in [5.74, 6) is -0.314. The summed E-state index contributed by atoms with van der Waals surface area (Å²) in [6.07, 6.45) is 1.93. The molecule has 0 aliphatic rings. The van der Waals surface area contributed by atoms with Crippen LogP contribution in [0.3, 0.4) is 0 Å². The number of aliphatic hydroxyl groups excluding tert-OH is 1. The Morgan fingerprint density at radius 1 is 1.38 bits per heavy atom. The van der Waals surface area contributed by atoms with Gasteiger partial charge in [-0.1, -0.05) is 38.0 Å². The molecule has 0 amide bonds. The van der Waals surface area contributed by atoms with Crippen LogP contribution < -0.4 is 0 Å². The smallest absolute Gasteiger partial charge is 0.128 e. The van der Waals surface area contributed by atoms with E-state index in [0.717, 1.165) is 12.8 Å². The van der Waals surface area contributed by atoms with Gasteiger partial charge < -0.3 is 5.11 Å². The Balaban J connectivity index is 2.65. The third-order valence-corrected chi connectivity index (χ3v) is 2.10. The molecular formula is C11H15FO. The second kappa shape index (κ2) is 4.97. The normalized spacial score (nSPS) is 12.8. The summed E-state index contributed by atoms with van der Waals surface area (Å²) in [5.41, 5.74) is 0.413. The summed E-state index contributed by atoms with van der Waals surface area (Å²) in [4.78, 5) is 0. The van der Waals surface area contributed by atoms with E-state index >= 15 is 0 Å². The zero-order chi connectivity index (χ0) is 9.68. The third-order valence-electron chi connectivity index (χ3n) is 2.10. The van der Waals surface area contributed by atoms with Gasteiger partial charge in [-0.25, -0.2) is 4.39 Å². The van der Waals surface area contributed by atoms with Crippen molar-refractivity contribution in [3.05, 3.63) is 35.6 Å². The van der Waals surface area contributed by atoms with Crippen LogP contribution in [0.4, 0.5) is 4.39 Å². The Kier molecular flexibility index (Phi) is 3.90. The van der Waals surface area contributed by atoms with Gasteiger partial charge in [0.25, 0.3) is 0 Å². The highest BCUT2D eigenvalue weighted by atomic mass is 19.1. The van der Waals surface area contributed by atoms with E-state index in [1.165, 1.54) is 6.07 Å². The average molecular weight is 182 g/mol. The minimum atomic E-state index is -0.652. The maximum Gasteiger partial charge on any atom is 0.128 e. The molecule has 72 valence electrons. The molecule has 0 saturated heterocycles. The second-order valence-electron chi connectivity index (χ2n) is 3.18. The van der Waals surface area contributed by atoms with E-state index in [4.69, 9.17) is 0 Å². The largest absolute Gasteiger partial charge is 0.388 e. The van der Waals surface area contributed by atoms with Crippen LogP contribution in [0.25, 0.3) is 0 Å². The minimum Gasteiger partial charge on any atom is -0.388 e. The Bertz CT molecular complexity index is 260. The molecule has 1 aromatic carbocycles. The first-order valence-electron chi connectivity index (χ1n) is 4.68. The molecule has 0 aliphatic heterocycles. The lowest BCUT2D eigenvalue weighted by Gasteiger charge is -2.10. The molecule has 1 aromatic rings. The SMILES string of the molecule is CCCCC(O)c1ccccc1F. The molecule has 0 radical (unpaired) electrons. The van der Waals surface area contributed by atoms with E-state index in [-0.39, 0.29) is 5.82 Å². The molecule has 0 bridgehead atoms. The van der Waals surface area contributed by atoms with Crippen molar-refractivity contribution in [1.29, 1.82) is 0 Å². The number of halogens is 1. The highest BCUT2D eigenvalue weighted by molar-refractivity contribution is 5.19. The Morgan fingerprint density at radius 2 is 2.08 bits per heavy atom. The molecule has 0 aliphatic carbocycles. The van der Waals surface area contributed by atoms with Gasteiger partial charge in [0.1, 0.15) is 5.82 Å². The van der Waals surface area contributed by atoms with Crippen LogP contribution in [0.15, 0.2) is 24.3 Å². The molecule has 1 N–H and O–H groups in total. The molecule has 1 atom stereocenters. The average Bonchev–Trinajstić information content (AvgIpc) is 2.15. The van der Waals surface area contributed by atoms with E-state index in [0.29, 0.717) is 12.0 Å². The summed E-state index contributed by atoms with van der Waals surface area (Å²) in [6, 6.07) is 6.39. The Hall–Kier alpha value is -0.890. The van der Waals surface area contributed by atoms with Crippen LogP contribution in [0.5, 0.6) is 0 Å². The van der Waals surface area contributed by atoms with Gasteiger partial charge in [-0.3, -0.25) is 0 Å². The van der Waals surface area contributed by atoms with Gasteiger partial charge in [-0.2, -0.15) is 0 Å². The number of unbranched alkanes of at least 4 members (excludes halogenated alkanes) is 1. The predicted molar refractivity (Wildman–Crippen MR) is 50.9 cm³/mol. The van der Waals surface area contributed by atoms with Crippen LogP contribution in [0.1, 0.15) is 37.9 Å². The van der Waals surface area contributed by atoms with E-state index < -0.39 is 6.10 Å². The molecule has 0 spiro atoms. The summed E-state index contributed by atoms with van der Waals surface area (Å²) >= 11 is 0. The first-order valence-corrected chi connectivity index (χ1v) is 4.68. The number of rotatable bonds is 4. The third kappa shape index (κ3) is 2.81. The van der Waals surface area contributed by atoms with Crippen LogP contribution in [0, 0.1) is 5.82 Å². The maximum absolute atomic E-state index is 13.1. The summed E-state index contributed by atoms with van der Waals surface area (Å²) in [6.45, 7) is 2.05. The molecule has 1 nitrogen and oxygen atoms in total.